The summed E-state index contributed by atoms with van der Waals surface area (Å²) in [5, 5.41) is 0.126. The number of carbonyl (C=O) groups excluding carboxylic acids is 1. The molecule has 0 atom stereocenters. The van der Waals surface area contributed by atoms with Gasteiger partial charge >= 0.3 is 0 Å². The molecule has 17 heavy (non-hydrogen) atoms. The van der Waals surface area contributed by atoms with E-state index >= 15 is 0 Å². The maximum Gasteiger partial charge on any atom is 0.190 e. The standard InChI is InChI=1S/C15H14OS/c1-12(16)17-15-9-7-14(8-10-15)11-13-5-3-2-4-6-13/h2-10H,11H2,1H3. The first-order valence-electron chi connectivity index (χ1n) is 5.55. The van der Waals surface area contributed by atoms with Crippen LogP contribution in [-0.4, -0.2) is 5.12 Å². The van der Waals surface area contributed by atoms with Gasteiger partial charge in [0.1, 0.15) is 0 Å². The van der Waals surface area contributed by atoms with Gasteiger partial charge in [0, 0.05) is 11.8 Å². The lowest BCUT2D eigenvalue weighted by atomic mass is 10.1. The molecule has 2 rings (SSSR count). The average Bonchev–Trinajstić information content (AvgIpc) is 2.32. The largest absolute Gasteiger partial charge is 0.287 e. The fourth-order valence-corrected chi connectivity index (χ4v) is 2.28. The molecule has 0 aliphatic rings. The van der Waals surface area contributed by atoms with Crippen molar-refractivity contribution in [1.82, 2.24) is 0 Å². The van der Waals surface area contributed by atoms with Crippen molar-refractivity contribution < 1.29 is 4.79 Å². The van der Waals surface area contributed by atoms with Crippen LogP contribution >= 0.6 is 11.8 Å². The van der Waals surface area contributed by atoms with E-state index in [1.165, 1.54) is 22.9 Å². The molecule has 0 saturated heterocycles. The summed E-state index contributed by atoms with van der Waals surface area (Å²) in [6, 6.07) is 18.5. The number of rotatable bonds is 3. The van der Waals surface area contributed by atoms with Crippen LogP contribution in [0.1, 0.15) is 18.1 Å². The monoisotopic (exact) mass is 242 g/mol. The number of thioether (sulfide) groups is 1. The molecule has 0 bridgehead atoms. The van der Waals surface area contributed by atoms with Crippen molar-refractivity contribution in [3.63, 3.8) is 0 Å². The number of benzene rings is 2. The van der Waals surface area contributed by atoms with E-state index in [4.69, 9.17) is 0 Å². The highest BCUT2D eigenvalue weighted by molar-refractivity contribution is 8.13. The summed E-state index contributed by atoms with van der Waals surface area (Å²) < 4.78 is 0. The third-order valence-electron chi connectivity index (χ3n) is 2.44. The Morgan fingerprint density at radius 3 is 2.12 bits per heavy atom. The second-order valence-electron chi connectivity index (χ2n) is 3.90. The Kier molecular flexibility index (Phi) is 3.99. The normalized spacial score (nSPS) is 10.2. The van der Waals surface area contributed by atoms with Crippen LogP contribution in [0.4, 0.5) is 0 Å². The molecule has 2 heteroatoms. The summed E-state index contributed by atoms with van der Waals surface area (Å²) in [6.45, 7) is 1.59. The van der Waals surface area contributed by atoms with E-state index < -0.39 is 0 Å². The van der Waals surface area contributed by atoms with E-state index in [2.05, 4.69) is 36.4 Å². The maximum absolute atomic E-state index is 11.0. The van der Waals surface area contributed by atoms with Crippen molar-refractivity contribution in [3.8, 4) is 0 Å². The Hall–Kier alpha value is -1.54. The lowest BCUT2D eigenvalue weighted by Crippen LogP contribution is -1.88. The van der Waals surface area contributed by atoms with E-state index in [0.717, 1.165) is 11.3 Å². The molecular formula is C15H14OS. The van der Waals surface area contributed by atoms with Crippen molar-refractivity contribution >= 4 is 16.9 Å². The lowest BCUT2D eigenvalue weighted by molar-refractivity contribution is -0.109. The van der Waals surface area contributed by atoms with Crippen LogP contribution in [0.25, 0.3) is 0 Å². The zero-order chi connectivity index (χ0) is 12.1. The minimum absolute atomic E-state index is 0.126. The highest BCUT2D eigenvalue weighted by Crippen LogP contribution is 2.20. The summed E-state index contributed by atoms with van der Waals surface area (Å²) >= 11 is 1.27. The zero-order valence-electron chi connectivity index (χ0n) is 9.72. The van der Waals surface area contributed by atoms with Gasteiger partial charge in [0.05, 0.1) is 0 Å². The molecule has 0 aromatic heterocycles. The first-order valence-corrected chi connectivity index (χ1v) is 6.37. The Labute approximate surface area is 106 Å². The van der Waals surface area contributed by atoms with E-state index in [0.29, 0.717) is 0 Å². The SMILES string of the molecule is CC(=O)Sc1ccc(Cc2ccccc2)cc1. The maximum atomic E-state index is 11.0. The fraction of sp³-hybridized carbons (Fsp3) is 0.133. The third-order valence-corrected chi connectivity index (χ3v) is 3.23. The zero-order valence-corrected chi connectivity index (χ0v) is 10.5. The summed E-state index contributed by atoms with van der Waals surface area (Å²) in [7, 11) is 0. The van der Waals surface area contributed by atoms with Gasteiger partial charge in [-0.25, -0.2) is 0 Å². The molecule has 0 amide bonds. The Bertz CT molecular complexity index is 488. The Morgan fingerprint density at radius 1 is 0.941 bits per heavy atom. The molecule has 0 N–H and O–H groups in total. The predicted octanol–water partition coefficient (Wildman–Crippen LogP) is 3.92. The van der Waals surface area contributed by atoms with E-state index in [1.54, 1.807) is 6.92 Å². The molecule has 0 aliphatic heterocycles. The molecule has 0 radical (unpaired) electrons. The van der Waals surface area contributed by atoms with Crippen molar-refractivity contribution in [2.75, 3.05) is 0 Å². The highest BCUT2D eigenvalue weighted by atomic mass is 32.2. The minimum Gasteiger partial charge on any atom is -0.287 e. The van der Waals surface area contributed by atoms with Crippen molar-refractivity contribution in [1.29, 1.82) is 0 Å². The fourth-order valence-electron chi connectivity index (χ4n) is 1.67. The van der Waals surface area contributed by atoms with E-state index in [-0.39, 0.29) is 5.12 Å². The highest BCUT2D eigenvalue weighted by Gasteiger charge is 1.99. The molecule has 0 aliphatic carbocycles. The quantitative estimate of drug-likeness (QED) is 0.759. The van der Waals surface area contributed by atoms with Crippen molar-refractivity contribution in [3.05, 3.63) is 65.7 Å². The molecule has 0 unspecified atom stereocenters. The summed E-state index contributed by atoms with van der Waals surface area (Å²) in [4.78, 5) is 12.0. The second kappa shape index (κ2) is 5.69. The molecule has 2 aromatic carbocycles. The molecule has 0 saturated carbocycles. The van der Waals surface area contributed by atoms with Gasteiger partial charge in [-0.05, 0) is 29.7 Å². The molecule has 0 heterocycles. The molecule has 0 fully saturated rings. The Morgan fingerprint density at radius 2 is 1.53 bits per heavy atom. The van der Waals surface area contributed by atoms with Gasteiger partial charge < -0.3 is 0 Å². The van der Waals surface area contributed by atoms with Crippen molar-refractivity contribution in [2.24, 2.45) is 0 Å². The summed E-state index contributed by atoms with van der Waals surface area (Å²) in [5.74, 6) is 0. The third kappa shape index (κ3) is 3.75. The van der Waals surface area contributed by atoms with Crippen LogP contribution in [-0.2, 0) is 11.2 Å². The van der Waals surface area contributed by atoms with Crippen LogP contribution in [0.3, 0.4) is 0 Å². The van der Waals surface area contributed by atoms with Crippen molar-refractivity contribution in [2.45, 2.75) is 18.2 Å². The summed E-state index contributed by atoms with van der Waals surface area (Å²) in [6.07, 6.45) is 0.936. The Balaban J connectivity index is 2.06. The second-order valence-corrected chi connectivity index (χ2v) is 5.15. The van der Waals surface area contributed by atoms with Gasteiger partial charge in [0.25, 0.3) is 0 Å². The molecule has 86 valence electrons. The number of hydrogen-bond donors (Lipinski definition) is 0. The summed E-state index contributed by atoms with van der Waals surface area (Å²) in [5.41, 5.74) is 2.57. The van der Waals surface area contributed by atoms with E-state index in [9.17, 15) is 4.79 Å². The minimum atomic E-state index is 0.126. The predicted molar refractivity (Wildman–Crippen MR) is 72.2 cm³/mol. The number of carbonyl (C=O) groups is 1. The van der Waals surface area contributed by atoms with Gasteiger partial charge in [0.15, 0.2) is 5.12 Å². The smallest absolute Gasteiger partial charge is 0.190 e. The van der Waals surface area contributed by atoms with Crippen LogP contribution < -0.4 is 0 Å². The van der Waals surface area contributed by atoms with Crippen LogP contribution in [0.15, 0.2) is 59.5 Å². The van der Waals surface area contributed by atoms with Gasteiger partial charge in [0.2, 0.25) is 0 Å². The molecule has 1 nitrogen and oxygen atoms in total. The van der Waals surface area contributed by atoms with Crippen LogP contribution in [0.5, 0.6) is 0 Å². The van der Waals surface area contributed by atoms with E-state index in [1.807, 2.05) is 18.2 Å². The topological polar surface area (TPSA) is 17.1 Å². The number of hydrogen-bond acceptors (Lipinski definition) is 2. The van der Waals surface area contributed by atoms with Gasteiger partial charge in [-0.1, -0.05) is 54.2 Å². The molecule has 0 spiro atoms. The first-order chi connectivity index (χ1) is 8.24. The molecule has 2 aromatic rings. The average molecular weight is 242 g/mol. The van der Waals surface area contributed by atoms with Gasteiger partial charge in [-0.15, -0.1) is 0 Å². The van der Waals surface area contributed by atoms with Crippen LogP contribution in [0, 0.1) is 0 Å². The molecular weight excluding hydrogens is 228 g/mol. The van der Waals surface area contributed by atoms with Gasteiger partial charge in [-0.2, -0.15) is 0 Å². The van der Waals surface area contributed by atoms with Crippen LogP contribution in [0.2, 0.25) is 0 Å². The van der Waals surface area contributed by atoms with Gasteiger partial charge in [-0.3, -0.25) is 4.79 Å². The first kappa shape index (κ1) is 11.9. The lowest BCUT2D eigenvalue weighted by Gasteiger charge is -2.03.